The summed E-state index contributed by atoms with van der Waals surface area (Å²) >= 11 is 7.15. The van der Waals surface area contributed by atoms with E-state index >= 15 is 4.39 Å². The molecule has 1 aliphatic heterocycles. The van der Waals surface area contributed by atoms with Crippen LogP contribution in [-0.4, -0.2) is 68.1 Å². The lowest BCUT2D eigenvalue weighted by atomic mass is 9.84. The van der Waals surface area contributed by atoms with Crippen LogP contribution in [0.3, 0.4) is 0 Å². The highest BCUT2D eigenvalue weighted by Crippen LogP contribution is 2.29. The Morgan fingerprint density at radius 3 is 2.66 bits per heavy atom. The van der Waals surface area contributed by atoms with Crippen molar-refractivity contribution in [1.29, 1.82) is 0 Å². The van der Waals surface area contributed by atoms with E-state index in [1.165, 1.54) is 34.8 Å². The lowest BCUT2D eigenvalue weighted by Gasteiger charge is -2.37. The van der Waals surface area contributed by atoms with Gasteiger partial charge in [-0.1, -0.05) is 31.9 Å². The van der Waals surface area contributed by atoms with Crippen molar-refractivity contribution in [2.24, 2.45) is 11.8 Å². The molecule has 2 aliphatic rings. The van der Waals surface area contributed by atoms with Crippen molar-refractivity contribution in [2.45, 2.75) is 39.2 Å². The molecule has 2 aromatic rings. The van der Waals surface area contributed by atoms with Gasteiger partial charge in [-0.25, -0.2) is 4.39 Å². The van der Waals surface area contributed by atoms with Gasteiger partial charge in [0, 0.05) is 31.9 Å². The van der Waals surface area contributed by atoms with Gasteiger partial charge in [-0.3, -0.25) is 19.3 Å². The monoisotopic (exact) mass is 564 g/mol. The third-order valence-corrected chi connectivity index (χ3v) is 8.05. The quantitative estimate of drug-likeness (QED) is 0.422. The summed E-state index contributed by atoms with van der Waals surface area (Å²) < 4.78 is 20.8. The molecule has 0 spiro atoms. The summed E-state index contributed by atoms with van der Waals surface area (Å²) in [7, 11) is 0. The van der Waals surface area contributed by atoms with E-state index in [-0.39, 0.29) is 30.7 Å². The fourth-order valence-electron chi connectivity index (χ4n) is 4.69. The van der Waals surface area contributed by atoms with Crippen molar-refractivity contribution in [3.8, 4) is 0 Å². The summed E-state index contributed by atoms with van der Waals surface area (Å²) in [4.78, 5) is 42.5. The topological polar surface area (TPSA) is 91.0 Å². The maximum atomic E-state index is 15.1. The minimum atomic E-state index is -0.697. The molecule has 1 aliphatic carbocycles. The van der Waals surface area contributed by atoms with Gasteiger partial charge in [-0.05, 0) is 55.0 Å². The number of benzene rings is 1. The number of amides is 3. The highest BCUT2D eigenvalue weighted by atomic mass is 35.5. The molecule has 8 nitrogen and oxygen atoms in total. The molecule has 3 amide bonds. The first-order valence-electron chi connectivity index (χ1n) is 13.0. The summed E-state index contributed by atoms with van der Waals surface area (Å²) in [6.07, 6.45) is 3.40. The van der Waals surface area contributed by atoms with Crippen LogP contribution < -0.4 is 15.5 Å². The Morgan fingerprint density at radius 1 is 1.26 bits per heavy atom. The number of nitrogens with zero attached hydrogens (tertiary/aromatic N) is 2. The highest BCUT2D eigenvalue weighted by molar-refractivity contribution is 7.18. The molecule has 206 valence electrons. The van der Waals surface area contributed by atoms with Crippen LogP contribution in [0.4, 0.5) is 15.8 Å². The molecule has 38 heavy (non-hydrogen) atoms. The van der Waals surface area contributed by atoms with Gasteiger partial charge >= 0.3 is 0 Å². The van der Waals surface area contributed by atoms with Crippen molar-refractivity contribution in [3.63, 3.8) is 0 Å². The Balaban J connectivity index is 1.51. The molecule has 0 radical (unpaired) electrons. The highest BCUT2D eigenvalue weighted by Gasteiger charge is 2.32. The van der Waals surface area contributed by atoms with Crippen LogP contribution in [0.1, 0.15) is 42.8 Å². The van der Waals surface area contributed by atoms with Gasteiger partial charge in [0.25, 0.3) is 11.8 Å². The molecule has 2 heterocycles. The fraction of sp³-hybridized carbons (Fsp3) is 0.519. The molecule has 2 N–H and O–H groups in total. The maximum Gasteiger partial charge on any atom is 0.261 e. The van der Waals surface area contributed by atoms with Crippen molar-refractivity contribution in [3.05, 3.63) is 45.4 Å². The average molecular weight is 565 g/mol. The Hall–Kier alpha value is -2.53. The number of carbonyl (C=O) groups excluding carboxylic acids is 3. The van der Waals surface area contributed by atoms with Crippen LogP contribution >= 0.6 is 22.9 Å². The molecule has 2 fully saturated rings. The predicted molar refractivity (Wildman–Crippen MR) is 147 cm³/mol. The third-order valence-electron chi connectivity index (χ3n) is 6.82. The van der Waals surface area contributed by atoms with E-state index in [1.807, 2.05) is 0 Å². The number of rotatable bonds is 11. The Labute approximate surface area is 231 Å². The lowest BCUT2D eigenvalue weighted by molar-refractivity contribution is -0.125. The maximum absolute atomic E-state index is 15.1. The Morgan fingerprint density at radius 2 is 2.05 bits per heavy atom. The van der Waals surface area contributed by atoms with Gasteiger partial charge < -0.3 is 20.3 Å². The molecule has 1 aromatic carbocycles. The standard InChI is InChI=1S/C27H34ClFN4O4S/c1-17(2)14-32(15-18-4-3-5-18)22(13-30-27(36)23-8-9-24(28)38-23)26(35)31-21-7-6-19(12-20(21)29)33-10-11-37-16-25(33)34/h6-9,12,17-18,22H,3-5,10-11,13-16H2,1-2H3,(H,30,36)(H,31,35)/t22-/m1/s1. The molecule has 1 saturated carbocycles. The minimum Gasteiger partial charge on any atom is -0.370 e. The number of hydrogen-bond donors (Lipinski definition) is 2. The van der Waals surface area contributed by atoms with Crippen LogP contribution in [0.15, 0.2) is 30.3 Å². The van der Waals surface area contributed by atoms with E-state index in [0.29, 0.717) is 46.4 Å². The zero-order valence-corrected chi connectivity index (χ0v) is 23.2. The van der Waals surface area contributed by atoms with E-state index in [1.54, 1.807) is 18.2 Å². The first kappa shape index (κ1) is 28.5. The summed E-state index contributed by atoms with van der Waals surface area (Å²) in [6, 6.07) is 6.93. The molecule has 1 saturated heterocycles. The number of hydrogen-bond acceptors (Lipinski definition) is 6. The molecule has 1 aromatic heterocycles. The van der Waals surface area contributed by atoms with E-state index in [9.17, 15) is 14.4 Å². The van der Waals surface area contributed by atoms with Crippen LogP contribution in [-0.2, 0) is 14.3 Å². The number of morpholine rings is 1. The zero-order valence-electron chi connectivity index (χ0n) is 21.7. The van der Waals surface area contributed by atoms with Gasteiger partial charge in [0.05, 0.1) is 21.5 Å². The summed E-state index contributed by atoms with van der Waals surface area (Å²) in [5.41, 5.74) is 0.438. The number of thiophene rings is 1. The van der Waals surface area contributed by atoms with E-state index in [0.717, 1.165) is 19.4 Å². The van der Waals surface area contributed by atoms with Crippen LogP contribution in [0.25, 0.3) is 0 Å². The second-order valence-electron chi connectivity index (χ2n) is 10.2. The molecule has 4 rings (SSSR count). The van der Waals surface area contributed by atoms with Crippen molar-refractivity contribution < 1.29 is 23.5 Å². The van der Waals surface area contributed by atoms with Crippen molar-refractivity contribution in [2.75, 3.05) is 49.6 Å². The number of carbonyl (C=O) groups is 3. The lowest BCUT2D eigenvalue weighted by Crippen LogP contribution is -2.53. The molecule has 0 bridgehead atoms. The van der Waals surface area contributed by atoms with E-state index in [2.05, 4.69) is 29.4 Å². The predicted octanol–water partition coefficient (Wildman–Crippen LogP) is 4.40. The Bertz CT molecular complexity index is 1160. The number of halogens is 2. The van der Waals surface area contributed by atoms with Gasteiger partial charge in [0.1, 0.15) is 18.5 Å². The molecular weight excluding hydrogens is 531 g/mol. The number of anilines is 2. The molecule has 11 heteroatoms. The number of nitrogens with one attached hydrogen (secondary N) is 2. The molecule has 0 unspecified atom stereocenters. The Kier molecular flexibility index (Phi) is 9.75. The van der Waals surface area contributed by atoms with Crippen LogP contribution in [0.5, 0.6) is 0 Å². The van der Waals surface area contributed by atoms with Crippen LogP contribution in [0, 0.1) is 17.7 Å². The minimum absolute atomic E-state index is 0.0222. The number of ether oxygens (including phenoxy) is 1. The van der Waals surface area contributed by atoms with Crippen molar-refractivity contribution >= 4 is 52.0 Å². The first-order valence-corrected chi connectivity index (χ1v) is 14.2. The summed E-state index contributed by atoms with van der Waals surface area (Å²) in [5.74, 6) is -0.796. The molecular formula is C27H34ClFN4O4S. The smallest absolute Gasteiger partial charge is 0.261 e. The SMILES string of the molecule is CC(C)CN(CC1CCC1)[C@H](CNC(=O)c1ccc(Cl)s1)C(=O)Nc1ccc(N2CCOCC2=O)cc1F. The zero-order chi connectivity index (χ0) is 27.2. The van der Waals surface area contributed by atoms with Crippen LogP contribution in [0.2, 0.25) is 4.34 Å². The van der Waals surface area contributed by atoms with Gasteiger partial charge in [0.2, 0.25) is 5.91 Å². The van der Waals surface area contributed by atoms with Gasteiger partial charge in [0.15, 0.2) is 0 Å². The normalized spacial score (nSPS) is 17.0. The average Bonchev–Trinajstić information content (AvgIpc) is 3.29. The fourth-order valence-corrected chi connectivity index (χ4v) is 5.65. The largest absolute Gasteiger partial charge is 0.370 e. The van der Waals surface area contributed by atoms with E-state index in [4.69, 9.17) is 16.3 Å². The van der Waals surface area contributed by atoms with Gasteiger partial charge in [-0.15, -0.1) is 11.3 Å². The second-order valence-corrected chi connectivity index (χ2v) is 11.9. The van der Waals surface area contributed by atoms with Crippen molar-refractivity contribution in [1.82, 2.24) is 10.2 Å². The molecule has 1 atom stereocenters. The van der Waals surface area contributed by atoms with E-state index < -0.39 is 17.8 Å². The first-order chi connectivity index (χ1) is 18.2. The summed E-state index contributed by atoms with van der Waals surface area (Å²) in [5, 5.41) is 5.60. The van der Waals surface area contributed by atoms with Gasteiger partial charge in [-0.2, -0.15) is 0 Å². The third kappa shape index (κ3) is 7.31. The summed E-state index contributed by atoms with van der Waals surface area (Å²) in [6.45, 7) is 6.31. The second kappa shape index (κ2) is 13.0.